The van der Waals surface area contributed by atoms with E-state index in [0.29, 0.717) is 5.56 Å². The SMILES string of the molecule is Cc1ccc(C(=O)Cn2ccc(C(F)(F)F)n2)cc1. The van der Waals surface area contributed by atoms with E-state index in [4.69, 9.17) is 0 Å². The first kappa shape index (κ1) is 13.3. The van der Waals surface area contributed by atoms with Crippen LogP contribution in [0.15, 0.2) is 36.5 Å². The zero-order chi connectivity index (χ0) is 14.0. The van der Waals surface area contributed by atoms with Crippen LogP contribution < -0.4 is 0 Å². The van der Waals surface area contributed by atoms with Crippen molar-refractivity contribution in [3.63, 3.8) is 0 Å². The third-order valence-corrected chi connectivity index (χ3v) is 2.61. The van der Waals surface area contributed by atoms with Gasteiger partial charge < -0.3 is 0 Å². The predicted octanol–water partition coefficient (Wildman–Crippen LogP) is 3.09. The Hall–Kier alpha value is -2.11. The first-order chi connectivity index (χ1) is 8.86. The van der Waals surface area contributed by atoms with Gasteiger partial charge in [-0.2, -0.15) is 18.3 Å². The van der Waals surface area contributed by atoms with Crippen molar-refractivity contribution in [2.45, 2.75) is 19.6 Å². The molecule has 3 nitrogen and oxygen atoms in total. The number of hydrogen-bond acceptors (Lipinski definition) is 2. The minimum atomic E-state index is -4.49. The Morgan fingerprint density at radius 2 is 1.84 bits per heavy atom. The topological polar surface area (TPSA) is 34.9 Å². The van der Waals surface area contributed by atoms with E-state index in [1.165, 1.54) is 0 Å². The van der Waals surface area contributed by atoms with Gasteiger partial charge in [0.05, 0.1) is 0 Å². The Balaban J connectivity index is 2.11. The fraction of sp³-hybridized carbons (Fsp3) is 0.231. The maximum atomic E-state index is 12.3. The molecule has 0 amide bonds. The first-order valence-corrected chi connectivity index (χ1v) is 5.57. The van der Waals surface area contributed by atoms with Crippen LogP contribution in [-0.2, 0) is 12.7 Å². The number of ketones is 1. The zero-order valence-corrected chi connectivity index (χ0v) is 10.1. The summed E-state index contributed by atoms with van der Waals surface area (Å²) in [4.78, 5) is 11.8. The summed E-state index contributed by atoms with van der Waals surface area (Å²) in [7, 11) is 0. The van der Waals surface area contributed by atoms with Gasteiger partial charge in [-0.1, -0.05) is 29.8 Å². The van der Waals surface area contributed by atoms with Gasteiger partial charge in [0.1, 0.15) is 6.54 Å². The number of nitrogens with zero attached hydrogens (tertiary/aromatic N) is 2. The van der Waals surface area contributed by atoms with E-state index in [1.54, 1.807) is 24.3 Å². The van der Waals surface area contributed by atoms with E-state index in [2.05, 4.69) is 5.10 Å². The van der Waals surface area contributed by atoms with Gasteiger partial charge in [-0.15, -0.1) is 0 Å². The molecule has 0 aliphatic carbocycles. The fourth-order valence-corrected chi connectivity index (χ4v) is 1.58. The molecular weight excluding hydrogens is 257 g/mol. The molecular formula is C13H11F3N2O. The molecule has 0 radical (unpaired) electrons. The highest BCUT2D eigenvalue weighted by Crippen LogP contribution is 2.27. The van der Waals surface area contributed by atoms with Crippen molar-refractivity contribution in [1.82, 2.24) is 9.78 Å². The second-order valence-corrected chi connectivity index (χ2v) is 4.19. The zero-order valence-electron chi connectivity index (χ0n) is 10.1. The summed E-state index contributed by atoms with van der Waals surface area (Å²) < 4.78 is 38.0. The van der Waals surface area contributed by atoms with Crippen molar-refractivity contribution >= 4 is 5.78 Å². The van der Waals surface area contributed by atoms with Crippen molar-refractivity contribution in [3.05, 3.63) is 53.3 Å². The molecule has 0 saturated carbocycles. The van der Waals surface area contributed by atoms with E-state index < -0.39 is 11.9 Å². The average Bonchev–Trinajstić information content (AvgIpc) is 2.78. The van der Waals surface area contributed by atoms with Crippen LogP contribution in [-0.4, -0.2) is 15.6 Å². The number of Topliss-reactive ketones (excluding diaryl/α,β-unsaturated/α-hetero) is 1. The molecule has 0 atom stereocenters. The number of benzene rings is 1. The Morgan fingerprint density at radius 3 is 2.37 bits per heavy atom. The monoisotopic (exact) mass is 268 g/mol. The molecule has 0 bridgehead atoms. The van der Waals surface area contributed by atoms with Crippen LogP contribution in [0.4, 0.5) is 13.2 Å². The summed E-state index contributed by atoms with van der Waals surface area (Å²) in [5.41, 5.74) is 0.467. The lowest BCUT2D eigenvalue weighted by molar-refractivity contribution is -0.141. The van der Waals surface area contributed by atoms with Gasteiger partial charge in [0, 0.05) is 11.8 Å². The number of aryl methyl sites for hydroxylation is 1. The van der Waals surface area contributed by atoms with Gasteiger partial charge in [-0.25, -0.2) is 0 Å². The smallest absolute Gasteiger partial charge is 0.292 e. The summed E-state index contributed by atoms with van der Waals surface area (Å²) in [5, 5.41) is 3.34. The van der Waals surface area contributed by atoms with Crippen LogP contribution in [0.1, 0.15) is 21.6 Å². The normalized spacial score (nSPS) is 11.6. The molecule has 1 aromatic carbocycles. The van der Waals surface area contributed by atoms with Gasteiger partial charge >= 0.3 is 6.18 Å². The summed E-state index contributed by atoms with van der Waals surface area (Å²) in [6, 6.07) is 7.69. The Labute approximate surface area is 107 Å². The molecule has 0 N–H and O–H groups in total. The number of alkyl halides is 3. The van der Waals surface area contributed by atoms with E-state index >= 15 is 0 Å². The molecule has 100 valence electrons. The quantitative estimate of drug-likeness (QED) is 0.802. The van der Waals surface area contributed by atoms with Gasteiger partial charge in [-0.3, -0.25) is 9.48 Å². The van der Waals surface area contributed by atoms with Crippen molar-refractivity contribution in [2.75, 3.05) is 0 Å². The summed E-state index contributed by atoms with van der Waals surface area (Å²) >= 11 is 0. The number of hydrogen-bond donors (Lipinski definition) is 0. The van der Waals surface area contributed by atoms with Crippen molar-refractivity contribution < 1.29 is 18.0 Å². The summed E-state index contributed by atoms with van der Waals surface area (Å²) in [5.74, 6) is -0.281. The molecule has 0 saturated heterocycles. The maximum absolute atomic E-state index is 12.3. The molecule has 6 heteroatoms. The van der Waals surface area contributed by atoms with Crippen molar-refractivity contribution in [2.24, 2.45) is 0 Å². The van der Waals surface area contributed by atoms with Gasteiger partial charge in [-0.05, 0) is 13.0 Å². The third-order valence-electron chi connectivity index (χ3n) is 2.61. The largest absolute Gasteiger partial charge is 0.435 e. The van der Waals surface area contributed by atoms with Crippen LogP contribution >= 0.6 is 0 Å². The first-order valence-electron chi connectivity index (χ1n) is 5.57. The van der Waals surface area contributed by atoms with Crippen LogP contribution in [0.2, 0.25) is 0 Å². The third kappa shape index (κ3) is 3.21. The number of carbonyl (C=O) groups excluding carboxylic acids is 1. The molecule has 0 spiro atoms. The second-order valence-electron chi connectivity index (χ2n) is 4.19. The lowest BCUT2D eigenvalue weighted by Crippen LogP contribution is -2.13. The van der Waals surface area contributed by atoms with E-state index in [-0.39, 0.29) is 12.3 Å². The van der Waals surface area contributed by atoms with Crippen LogP contribution in [0.3, 0.4) is 0 Å². The van der Waals surface area contributed by atoms with Crippen LogP contribution in [0.5, 0.6) is 0 Å². The van der Waals surface area contributed by atoms with Gasteiger partial charge in [0.15, 0.2) is 11.5 Å². The van der Waals surface area contributed by atoms with E-state index in [0.717, 1.165) is 22.5 Å². The Bertz CT molecular complexity index is 585. The van der Waals surface area contributed by atoms with Crippen molar-refractivity contribution in [1.29, 1.82) is 0 Å². The second kappa shape index (κ2) is 4.87. The van der Waals surface area contributed by atoms with E-state index in [1.807, 2.05) is 6.92 Å². The lowest BCUT2D eigenvalue weighted by Gasteiger charge is -2.03. The van der Waals surface area contributed by atoms with Crippen LogP contribution in [0, 0.1) is 6.92 Å². The highest BCUT2D eigenvalue weighted by molar-refractivity contribution is 5.95. The molecule has 2 rings (SSSR count). The molecule has 0 fully saturated rings. The molecule has 1 heterocycles. The minimum absolute atomic E-state index is 0.209. The predicted molar refractivity (Wildman–Crippen MR) is 62.7 cm³/mol. The standard InChI is InChI=1S/C13H11F3N2O/c1-9-2-4-10(5-3-9)11(19)8-18-7-6-12(17-18)13(14,15)16/h2-7H,8H2,1H3. The highest BCUT2D eigenvalue weighted by Gasteiger charge is 2.33. The number of halogens is 3. The molecule has 1 aromatic heterocycles. The fourth-order valence-electron chi connectivity index (χ4n) is 1.58. The molecule has 0 aliphatic heterocycles. The van der Waals surface area contributed by atoms with Gasteiger partial charge in [0.2, 0.25) is 0 Å². The summed E-state index contributed by atoms with van der Waals surface area (Å²) in [6.07, 6.45) is -3.34. The maximum Gasteiger partial charge on any atom is 0.435 e. The van der Waals surface area contributed by atoms with E-state index in [9.17, 15) is 18.0 Å². The number of aromatic nitrogens is 2. The Kier molecular flexibility index (Phi) is 3.42. The summed E-state index contributed by atoms with van der Waals surface area (Å²) in [6.45, 7) is 1.68. The number of carbonyl (C=O) groups is 1. The number of rotatable bonds is 3. The Morgan fingerprint density at radius 1 is 1.21 bits per heavy atom. The molecule has 19 heavy (non-hydrogen) atoms. The molecule has 0 aliphatic rings. The highest BCUT2D eigenvalue weighted by atomic mass is 19.4. The molecule has 0 unspecified atom stereocenters. The minimum Gasteiger partial charge on any atom is -0.292 e. The average molecular weight is 268 g/mol. The van der Waals surface area contributed by atoms with Crippen molar-refractivity contribution in [3.8, 4) is 0 Å². The molecule has 2 aromatic rings. The lowest BCUT2D eigenvalue weighted by atomic mass is 10.1. The van der Waals surface area contributed by atoms with Crippen LogP contribution in [0.25, 0.3) is 0 Å². The van der Waals surface area contributed by atoms with Gasteiger partial charge in [0.25, 0.3) is 0 Å².